The smallest absolute Gasteiger partial charge is 0.228 e. The molecule has 11 rings (SSSR count). The van der Waals surface area contributed by atoms with Crippen molar-refractivity contribution >= 4 is 80.6 Å². The van der Waals surface area contributed by atoms with Gasteiger partial charge in [-0.25, -0.2) is 4.98 Å². The number of hydrogen-bond donors (Lipinski definition) is 6. The van der Waals surface area contributed by atoms with Crippen molar-refractivity contribution in [2.24, 2.45) is 45.3 Å². The van der Waals surface area contributed by atoms with E-state index in [0.29, 0.717) is 46.8 Å². The Bertz CT molecular complexity index is 3450. The number of carbonyl (C=O) groups excluding carboxylic acids is 4. The highest BCUT2D eigenvalue weighted by atomic mass is 16.2. The number of aromatic nitrogens is 4. The zero-order valence-electron chi connectivity index (χ0n) is 50.5. The molecule has 6 aliphatic rings. The number of nitrogens with one attached hydrogen (secondary N) is 6. The molecule has 5 heterocycles. The molecule has 0 radical (unpaired) electrons. The summed E-state index contributed by atoms with van der Waals surface area (Å²) in [5.41, 5.74) is 14.4. The normalized spacial score (nSPS) is 20.9. The minimum atomic E-state index is -0.127. The summed E-state index contributed by atoms with van der Waals surface area (Å²) in [4.78, 5) is 76.3. The lowest BCUT2D eigenvalue weighted by atomic mass is 9.97. The molecular formula is C70H88N8O4. The van der Waals surface area contributed by atoms with E-state index in [1.54, 1.807) is 0 Å². The Kier molecular flexibility index (Phi) is 15.6. The van der Waals surface area contributed by atoms with E-state index in [0.717, 1.165) is 157 Å². The third kappa shape index (κ3) is 11.9. The van der Waals surface area contributed by atoms with Gasteiger partial charge in [-0.2, -0.15) is 0 Å². The minimum Gasteiger partial charge on any atom is -0.355 e. The number of unbranched alkanes of at least 4 members (excludes halogenated alkanes) is 8. The van der Waals surface area contributed by atoms with Crippen LogP contribution < -0.4 is 21.3 Å². The molecule has 82 heavy (non-hydrogen) atoms. The summed E-state index contributed by atoms with van der Waals surface area (Å²) in [6.45, 7) is 21.6. The Balaban J connectivity index is 1.18. The van der Waals surface area contributed by atoms with E-state index in [2.05, 4.69) is 137 Å². The van der Waals surface area contributed by atoms with E-state index in [9.17, 15) is 19.2 Å². The zero-order valence-corrected chi connectivity index (χ0v) is 50.5. The highest BCUT2D eigenvalue weighted by Gasteiger charge is 2.53. The molecule has 4 fully saturated rings. The monoisotopic (exact) mass is 1100 g/mol. The zero-order chi connectivity index (χ0) is 57.9. The van der Waals surface area contributed by atoms with Gasteiger partial charge in [-0.05, 0) is 152 Å². The Morgan fingerprint density at radius 2 is 0.780 bits per heavy atom. The third-order valence-electron chi connectivity index (χ3n) is 19.3. The third-order valence-corrected chi connectivity index (χ3v) is 19.3. The number of fused-ring (bicyclic) bond motifs is 8. The number of hydrogen-bond acceptors (Lipinski definition) is 6. The van der Waals surface area contributed by atoms with Crippen molar-refractivity contribution in [2.75, 3.05) is 21.3 Å². The van der Waals surface area contributed by atoms with Crippen molar-refractivity contribution in [3.8, 4) is 22.3 Å². The minimum absolute atomic E-state index is 0.0212. The number of H-pyrrole nitrogens is 2. The first-order valence-electron chi connectivity index (χ1n) is 31.1. The molecule has 0 spiro atoms. The van der Waals surface area contributed by atoms with Crippen molar-refractivity contribution in [1.82, 2.24) is 19.9 Å². The van der Waals surface area contributed by atoms with Crippen molar-refractivity contribution < 1.29 is 19.2 Å². The van der Waals surface area contributed by atoms with Crippen LogP contribution in [-0.4, -0.2) is 43.6 Å². The summed E-state index contributed by atoms with van der Waals surface area (Å²) in [6, 6.07) is 20.3. The molecule has 4 aliphatic carbocycles. The number of amides is 4. The summed E-state index contributed by atoms with van der Waals surface area (Å²) in [5, 5.41) is 13.6. The predicted octanol–water partition coefficient (Wildman–Crippen LogP) is 16.6. The van der Waals surface area contributed by atoms with Gasteiger partial charge in [0.1, 0.15) is 0 Å². The number of rotatable bonds is 22. The maximum atomic E-state index is 14.3. The molecule has 4 saturated carbocycles. The Morgan fingerprint density at radius 3 is 1.21 bits per heavy atom. The van der Waals surface area contributed by atoms with Gasteiger partial charge in [0.25, 0.3) is 0 Å². The van der Waals surface area contributed by atoms with Gasteiger partial charge in [-0.15, -0.1) is 0 Å². The maximum absolute atomic E-state index is 14.3. The van der Waals surface area contributed by atoms with Crippen LogP contribution in [0.15, 0.2) is 60.7 Å². The summed E-state index contributed by atoms with van der Waals surface area (Å²) < 4.78 is 0. The van der Waals surface area contributed by atoms with Gasteiger partial charge in [0.05, 0.1) is 39.8 Å². The van der Waals surface area contributed by atoms with Gasteiger partial charge in [0.2, 0.25) is 23.6 Å². The number of anilines is 4. The van der Waals surface area contributed by atoms with Gasteiger partial charge in [-0.3, -0.25) is 24.2 Å². The molecule has 2 aromatic carbocycles. The van der Waals surface area contributed by atoms with Crippen LogP contribution in [0, 0.1) is 45.3 Å². The predicted molar refractivity (Wildman–Crippen MR) is 335 cm³/mol. The Morgan fingerprint density at radius 1 is 0.427 bits per heavy atom. The SMILES string of the molecule is CCCCCCCc1c2nc(c(-c3c(NC(=O)[C@H]4CC4(C)C)cccc3NC(=O)[C@@H]3CC3(C)C)c3ccc([nH]3)c(CCCCCCC)c3nc(c(-c4c(NC(=O)[C@H]5CC5(C)C)cccc4NC(=O)[C@H]4CC4(C)C)c4ccc1[nH]4)CC3)C=C2. The fourth-order valence-electron chi connectivity index (χ4n) is 13.1. The molecule has 6 N–H and O–H groups in total. The second kappa shape index (κ2) is 22.4. The quantitative estimate of drug-likeness (QED) is 0.0369. The Hall–Kier alpha value is -6.82. The highest BCUT2D eigenvalue weighted by molar-refractivity contribution is 6.10. The average Bonchev–Trinajstić information content (AvgIpc) is 4.35. The molecule has 432 valence electrons. The summed E-state index contributed by atoms with van der Waals surface area (Å²) >= 11 is 0. The lowest BCUT2D eigenvalue weighted by Crippen LogP contribution is -2.19. The van der Waals surface area contributed by atoms with Crippen LogP contribution in [0.25, 0.3) is 56.5 Å². The van der Waals surface area contributed by atoms with Crippen LogP contribution in [0.5, 0.6) is 0 Å². The number of aromatic amines is 2. The second-order valence-corrected chi connectivity index (χ2v) is 27.7. The Labute approximate surface area is 485 Å². The molecule has 0 saturated heterocycles. The van der Waals surface area contributed by atoms with Crippen molar-refractivity contribution in [3.63, 3.8) is 0 Å². The molecule has 4 amide bonds. The average molecular weight is 1110 g/mol. The maximum Gasteiger partial charge on any atom is 0.228 e. The fraction of sp³-hybridized carbons (Fsp3) is 0.514. The fourth-order valence-corrected chi connectivity index (χ4v) is 13.1. The largest absolute Gasteiger partial charge is 0.355 e. The number of nitrogens with zero attached hydrogens (tertiary/aromatic N) is 2. The van der Waals surface area contributed by atoms with Crippen LogP contribution >= 0.6 is 0 Å². The summed E-state index contributed by atoms with van der Waals surface area (Å²) in [5.74, 6) is -0.599. The van der Waals surface area contributed by atoms with Gasteiger partial charge in [0, 0.05) is 79.2 Å². The van der Waals surface area contributed by atoms with Crippen LogP contribution in [0.3, 0.4) is 0 Å². The number of aryl methyl sites for hydroxylation is 4. The van der Waals surface area contributed by atoms with E-state index in [1.165, 1.54) is 12.8 Å². The molecule has 3 aromatic heterocycles. The van der Waals surface area contributed by atoms with E-state index < -0.39 is 0 Å². The lowest BCUT2D eigenvalue weighted by Gasteiger charge is -2.19. The van der Waals surface area contributed by atoms with Gasteiger partial charge >= 0.3 is 0 Å². The number of benzene rings is 2. The van der Waals surface area contributed by atoms with E-state index in [1.807, 2.05) is 36.4 Å². The van der Waals surface area contributed by atoms with E-state index >= 15 is 0 Å². The van der Waals surface area contributed by atoms with E-state index in [4.69, 9.17) is 9.97 Å². The van der Waals surface area contributed by atoms with Gasteiger partial charge in [-0.1, -0.05) is 133 Å². The van der Waals surface area contributed by atoms with Crippen molar-refractivity contribution in [3.05, 3.63) is 94.6 Å². The van der Waals surface area contributed by atoms with Crippen LogP contribution in [0.2, 0.25) is 0 Å². The molecule has 4 atom stereocenters. The first kappa shape index (κ1) is 57.0. The molecule has 0 unspecified atom stereocenters. The molecule has 2 aliphatic heterocycles. The van der Waals surface area contributed by atoms with E-state index in [-0.39, 0.29) is 69.0 Å². The van der Waals surface area contributed by atoms with Crippen LogP contribution in [0.1, 0.15) is 193 Å². The van der Waals surface area contributed by atoms with Crippen molar-refractivity contribution in [1.29, 1.82) is 0 Å². The highest BCUT2D eigenvalue weighted by Crippen LogP contribution is 2.56. The molecular weight excluding hydrogens is 1020 g/mol. The summed E-state index contributed by atoms with van der Waals surface area (Å²) in [7, 11) is 0. The van der Waals surface area contributed by atoms with Gasteiger partial charge < -0.3 is 31.2 Å². The van der Waals surface area contributed by atoms with Crippen LogP contribution in [0.4, 0.5) is 22.7 Å². The first-order valence-corrected chi connectivity index (χ1v) is 31.1. The molecule has 5 aromatic rings. The van der Waals surface area contributed by atoms with Gasteiger partial charge in [0.15, 0.2) is 0 Å². The standard InChI is InChI=1S/C70H88N8O4/c1-11-13-15-17-19-23-41-47-29-33-55(71-47)61(59-51(75-63(79)43-37-67(43,3)4)25-21-26-52(59)76-64(80)44-38-68(44,5)6)57-35-31-49(73-57)42(24-20-18-16-14-12-2)50-32-36-58(74-50)62(56-34-30-48(41)72-56)60-53(77-65(81)45-39-69(45,7)8)27-22-28-54(60)78-66(82)46-40-70(46,9)10/h21-22,25-31,33-35,43-46,72-73H,11-20,23-24,32,36-40H2,1-10H3,(H,75,79)(H,76,80)(H,77,81)(H,78,82)/t43-,44+,45-,46-/m1/s1. The first-order chi connectivity index (χ1) is 39.2. The lowest BCUT2D eigenvalue weighted by molar-refractivity contribution is -0.118. The van der Waals surface area contributed by atoms with Crippen LogP contribution in [-0.2, 0) is 44.9 Å². The second-order valence-electron chi connectivity index (χ2n) is 27.7. The molecule has 12 heteroatoms. The molecule has 12 nitrogen and oxygen atoms in total. The summed E-state index contributed by atoms with van der Waals surface area (Å²) in [6.07, 6.45) is 21.4. The van der Waals surface area contributed by atoms with Crippen molar-refractivity contribution in [2.45, 2.75) is 185 Å². The number of carbonyl (C=O) groups is 4. The molecule has 8 bridgehead atoms. The topological polar surface area (TPSA) is 174 Å².